The number of esters is 2. The Morgan fingerprint density at radius 2 is 1.52 bits per heavy atom. The molecule has 6 heteroatoms. The number of rotatable bonds is 8. The van der Waals surface area contributed by atoms with Crippen LogP contribution in [-0.4, -0.2) is 38.2 Å². The van der Waals surface area contributed by atoms with E-state index in [9.17, 15) is 9.59 Å². The Kier molecular flexibility index (Phi) is 6.96. The zero-order valence-electron chi connectivity index (χ0n) is 16.0. The topological polar surface area (TPSA) is 81.9 Å². The molecule has 144 valence electrons. The lowest BCUT2D eigenvalue weighted by atomic mass is 9.91. The minimum atomic E-state index is -1.90. The van der Waals surface area contributed by atoms with E-state index in [1.54, 1.807) is 6.92 Å². The summed E-state index contributed by atoms with van der Waals surface area (Å²) in [6, 6.07) is 16.7. The molecule has 0 radical (unpaired) electrons. The zero-order valence-corrected chi connectivity index (χ0v) is 16.0. The van der Waals surface area contributed by atoms with E-state index in [4.69, 9.17) is 15.2 Å². The number of ether oxygens (including phenoxy) is 2. The van der Waals surface area contributed by atoms with Crippen molar-refractivity contribution in [2.45, 2.75) is 25.5 Å². The normalized spacial score (nSPS) is 12.7. The third kappa shape index (κ3) is 5.31. The molecule has 0 aliphatic rings. The molecule has 0 aliphatic heterocycles. The van der Waals surface area contributed by atoms with E-state index in [0.717, 1.165) is 16.8 Å². The standard InChI is InChI=1S/C21H26N2O4/c1-4-26-19(24)21(22,14-16-10-12-18(13-11-16)23(2)3)20(25)27-15-17-8-6-5-7-9-17/h5-13H,4,14-15,22H2,1-3H3/t21-/m1/s1. The Morgan fingerprint density at radius 1 is 0.926 bits per heavy atom. The average Bonchev–Trinajstić information content (AvgIpc) is 2.67. The van der Waals surface area contributed by atoms with Crippen molar-refractivity contribution in [2.75, 3.05) is 25.6 Å². The molecule has 6 nitrogen and oxygen atoms in total. The monoisotopic (exact) mass is 370 g/mol. The average molecular weight is 370 g/mol. The summed E-state index contributed by atoms with van der Waals surface area (Å²) in [5.74, 6) is -1.60. The number of nitrogens with two attached hydrogens (primary N) is 1. The first-order valence-corrected chi connectivity index (χ1v) is 8.80. The highest BCUT2D eigenvalue weighted by Gasteiger charge is 2.45. The molecule has 0 saturated carbocycles. The largest absolute Gasteiger partial charge is 0.464 e. The van der Waals surface area contributed by atoms with Crippen molar-refractivity contribution >= 4 is 17.6 Å². The maximum Gasteiger partial charge on any atom is 0.338 e. The third-order valence-corrected chi connectivity index (χ3v) is 4.15. The van der Waals surface area contributed by atoms with Crippen LogP contribution < -0.4 is 10.6 Å². The Bertz CT molecular complexity index is 760. The first-order valence-electron chi connectivity index (χ1n) is 8.80. The fraction of sp³-hybridized carbons (Fsp3) is 0.333. The molecule has 2 aromatic carbocycles. The van der Waals surface area contributed by atoms with Crippen LogP contribution in [0.5, 0.6) is 0 Å². The van der Waals surface area contributed by atoms with Crippen molar-refractivity contribution in [3.8, 4) is 0 Å². The fourth-order valence-corrected chi connectivity index (χ4v) is 2.57. The minimum Gasteiger partial charge on any atom is -0.464 e. The van der Waals surface area contributed by atoms with Crippen LogP contribution in [-0.2, 0) is 32.1 Å². The molecule has 0 saturated heterocycles. The van der Waals surface area contributed by atoms with Gasteiger partial charge in [-0.25, -0.2) is 9.59 Å². The SMILES string of the molecule is CCOC(=O)[C@](N)(Cc1ccc(N(C)C)cc1)C(=O)OCc1ccccc1. The van der Waals surface area contributed by atoms with Gasteiger partial charge in [0.05, 0.1) is 6.61 Å². The van der Waals surface area contributed by atoms with Crippen LogP contribution in [0.25, 0.3) is 0 Å². The van der Waals surface area contributed by atoms with Gasteiger partial charge in [-0.3, -0.25) is 0 Å². The number of benzene rings is 2. The quantitative estimate of drug-likeness (QED) is 0.567. The Hall–Kier alpha value is -2.86. The molecule has 0 heterocycles. The van der Waals surface area contributed by atoms with Gasteiger partial charge in [-0.1, -0.05) is 42.5 Å². The molecule has 2 aromatic rings. The molecular weight excluding hydrogens is 344 g/mol. The third-order valence-electron chi connectivity index (χ3n) is 4.15. The van der Waals surface area contributed by atoms with E-state index in [-0.39, 0.29) is 19.6 Å². The Labute approximate surface area is 159 Å². The summed E-state index contributed by atoms with van der Waals surface area (Å²) in [5, 5.41) is 0. The van der Waals surface area contributed by atoms with E-state index < -0.39 is 17.5 Å². The minimum absolute atomic E-state index is 0.00678. The maximum atomic E-state index is 12.7. The zero-order chi connectivity index (χ0) is 19.9. The molecule has 0 fully saturated rings. The molecule has 0 aromatic heterocycles. The molecule has 2 rings (SSSR count). The van der Waals surface area contributed by atoms with Crippen LogP contribution in [0.3, 0.4) is 0 Å². The predicted octanol–water partition coefficient (Wildman–Crippen LogP) is 2.30. The molecule has 0 unspecified atom stereocenters. The van der Waals surface area contributed by atoms with Crippen molar-refractivity contribution in [1.29, 1.82) is 0 Å². The van der Waals surface area contributed by atoms with Crippen molar-refractivity contribution in [3.63, 3.8) is 0 Å². The molecule has 0 spiro atoms. The number of nitrogens with zero attached hydrogens (tertiary/aromatic N) is 1. The molecule has 0 aliphatic carbocycles. The second-order valence-electron chi connectivity index (χ2n) is 6.49. The number of hydrogen-bond donors (Lipinski definition) is 1. The van der Waals surface area contributed by atoms with Crippen molar-refractivity contribution < 1.29 is 19.1 Å². The maximum absolute atomic E-state index is 12.7. The lowest BCUT2D eigenvalue weighted by Crippen LogP contribution is -2.58. The molecule has 27 heavy (non-hydrogen) atoms. The fourth-order valence-electron chi connectivity index (χ4n) is 2.57. The van der Waals surface area contributed by atoms with E-state index in [0.29, 0.717) is 0 Å². The predicted molar refractivity (Wildman–Crippen MR) is 104 cm³/mol. The van der Waals surface area contributed by atoms with Crippen molar-refractivity contribution in [3.05, 3.63) is 65.7 Å². The van der Waals surface area contributed by atoms with Crippen LogP contribution in [0, 0.1) is 0 Å². The van der Waals surface area contributed by atoms with Crippen LogP contribution in [0.4, 0.5) is 5.69 Å². The second kappa shape index (κ2) is 9.19. The highest BCUT2D eigenvalue weighted by atomic mass is 16.6. The number of carbonyl (C=O) groups excluding carboxylic acids is 2. The summed E-state index contributed by atoms with van der Waals surface area (Å²) >= 11 is 0. The summed E-state index contributed by atoms with van der Waals surface area (Å²) in [5.41, 5.74) is 6.87. The van der Waals surface area contributed by atoms with Gasteiger partial charge < -0.3 is 20.1 Å². The molecule has 0 amide bonds. The lowest BCUT2D eigenvalue weighted by molar-refractivity contribution is -0.165. The van der Waals surface area contributed by atoms with Crippen LogP contribution >= 0.6 is 0 Å². The summed E-state index contributed by atoms with van der Waals surface area (Å²) < 4.78 is 10.4. The van der Waals surface area contributed by atoms with Gasteiger partial charge in [-0.2, -0.15) is 0 Å². The van der Waals surface area contributed by atoms with Gasteiger partial charge in [-0.05, 0) is 30.2 Å². The van der Waals surface area contributed by atoms with Crippen molar-refractivity contribution in [2.24, 2.45) is 5.73 Å². The highest BCUT2D eigenvalue weighted by molar-refractivity contribution is 6.05. The summed E-state index contributed by atoms with van der Waals surface area (Å²) in [6.07, 6.45) is -0.00678. The second-order valence-corrected chi connectivity index (χ2v) is 6.49. The highest BCUT2D eigenvalue weighted by Crippen LogP contribution is 2.19. The van der Waals surface area contributed by atoms with E-state index in [1.165, 1.54) is 0 Å². The van der Waals surface area contributed by atoms with Crippen LogP contribution in [0.2, 0.25) is 0 Å². The van der Waals surface area contributed by atoms with Crippen molar-refractivity contribution in [1.82, 2.24) is 0 Å². The van der Waals surface area contributed by atoms with Gasteiger partial charge >= 0.3 is 11.9 Å². The van der Waals surface area contributed by atoms with Gasteiger partial charge in [0.2, 0.25) is 5.54 Å². The van der Waals surface area contributed by atoms with Gasteiger partial charge in [-0.15, -0.1) is 0 Å². The Balaban J connectivity index is 2.17. The van der Waals surface area contributed by atoms with Crippen LogP contribution in [0.1, 0.15) is 18.1 Å². The van der Waals surface area contributed by atoms with Crippen LogP contribution in [0.15, 0.2) is 54.6 Å². The first-order chi connectivity index (χ1) is 12.9. The summed E-state index contributed by atoms with van der Waals surface area (Å²) in [6.45, 7) is 1.83. The molecule has 0 bridgehead atoms. The molecule has 2 N–H and O–H groups in total. The number of carbonyl (C=O) groups is 2. The van der Waals surface area contributed by atoms with Gasteiger partial charge in [0.1, 0.15) is 6.61 Å². The smallest absolute Gasteiger partial charge is 0.338 e. The molecule has 1 atom stereocenters. The molecular formula is C21H26N2O4. The number of anilines is 1. The van der Waals surface area contributed by atoms with E-state index >= 15 is 0 Å². The summed E-state index contributed by atoms with van der Waals surface area (Å²) in [4.78, 5) is 27.1. The van der Waals surface area contributed by atoms with E-state index in [2.05, 4.69) is 0 Å². The van der Waals surface area contributed by atoms with Gasteiger partial charge in [0, 0.05) is 26.2 Å². The summed E-state index contributed by atoms with van der Waals surface area (Å²) in [7, 11) is 3.86. The van der Waals surface area contributed by atoms with E-state index in [1.807, 2.05) is 73.6 Å². The lowest BCUT2D eigenvalue weighted by Gasteiger charge is -2.25. The Morgan fingerprint density at radius 3 is 2.07 bits per heavy atom. The van der Waals surface area contributed by atoms with Gasteiger partial charge in [0.25, 0.3) is 0 Å². The number of hydrogen-bond acceptors (Lipinski definition) is 6. The first kappa shape index (κ1) is 20.5. The van der Waals surface area contributed by atoms with Gasteiger partial charge in [0.15, 0.2) is 0 Å².